The third-order valence-corrected chi connectivity index (χ3v) is 6.28. The predicted molar refractivity (Wildman–Crippen MR) is 124 cm³/mol. The number of piperidine rings is 1. The number of hydrogen-bond acceptors (Lipinski definition) is 3. The molecule has 29 heavy (non-hydrogen) atoms. The molecule has 1 heterocycles. The molecule has 5 heteroatoms. The van der Waals surface area contributed by atoms with Gasteiger partial charge in [-0.1, -0.05) is 54.9 Å². The third kappa shape index (κ3) is 7.60. The Morgan fingerprint density at radius 3 is 2.28 bits per heavy atom. The van der Waals surface area contributed by atoms with Gasteiger partial charge in [0.2, 0.25) is 0 Å². The molecule has 1 amide bonds. The highest BCUT2D eigenvalue weighted by atomic mass is 79.9. The van der Waals surface area contributed by atoms with Gasteiger partial charge in [0, 0.05) is 29.6 Å². The third-order valence-electron chi connectivity index (χ3n) is 5.56. The minimum atomic E-state index is -0.444. The molecule has 1 aliphatic heterocycles. The summed E-state index contributed by atoms with van der Waals surface area (Å²) in [4.78, 5) is 16.9. The molecule has 1 aliphatic rings. The van der Waals surface area contributed by atoms with Crippen LogP contribution in [0.2, 0.25) is 0 Å². The molecular weight excluding hydrogens is 428 g/mol. The molecule has 0 saturated carbocycles. The minimum Gasteiger partial charge on any atom is -0.444 e. The van der Waals surface area contributed by atoms with Crippen LogP contribution in [-0.2, 0) is 4.74 Å². The van der Waals surface area contributed by atoms with Crippen molar-refractivity contribution in [1.29, 1.82) is 0 Å². The van der Waals surface area contributed by atoms with E-state index in [0.717, 1.165) is 38.9 Å². The Balaban J connectivity index is 2.10. The number of amides is 1. The second-order valence-electron chi connectivity index (χ2n) is 10.4. The van der Waals surface area contributed by atoms with Crippen molar-refractivity contribution in [2.75, 3.05) is 19.6 Å². The molecule has 0 radical (unpaired) electrons. The summed E-state index contributed by atoms with van der Waals surface area (Å²) in [6, 6.07) is 9.32. The lowest BCUT2D eigenvalue weighted by Gasteiger charge is -2.42. The van der Waals surface area contributed by atoms with E-state index in [1.165, 1.54) is 10.0 Å². The fourth-order valence-corrected chi connectivity index (χ4v) is 4.47. The summed E-state index contributed by atoms with van der Waals surface area (Å²) in [5.41, 5.74) is 1.18. The number of ether oxygens (including phenoxy) is 1. The summed E-state index contributed by atoms with van der Waals surface area (Å²) in [6.07, 6.45) is 2.93. The Labute approximate surface area is 186 Å². The number of hydrogen-bond donors (Lipinski definition) is 0. The van der Waals surface area contributed by atoms with Crippen molar-refractivity contribution in [2.45, 2.75) is 85.4 Å². The number of halogens is 1. The van der Waals surface area contributed by atoms with Crippen LogP contribution in [0.1, 0.15) is 79.3 Å². The highest BCUT2D eigenvalue weighted by Crippen LogP contribution is 2.33. The van der Waals surface area contributed by atoms with Gasteiger partial charge >= 0.3 is 6.09 Å². The number of benzene rings is 1. The fraction of sp³-hybridized carbons (Fsp3) is 0.708. The number of carbonyl (C=O) groups excluding carboxylic acids is 1. The first-order valence-corrected chi connectivity index (χ1v) is 11.6. The van der Waals surface area contributed by atoms with E-state index >= 15 is 0 Å². The Morgan fingerprint density at radius 2 is 1.76 bits per heavy atom. The van der Waals surface area contributed by atoms with Gasteiger partial charge in [0.1, 0.15) is 5.60 Å². The predicted octanol–water partition coefficient (Wildman–Crippen LogP) is 6.65. The maximum Gasteiger partial charge on any atom is 0.410 e. The minimum absolute atomic E-state index is 0.184. The first kappa shape index (κ1) is 24.2. The van der Waals surface area contributed by atoms with Crippen molar-refractivity contribution in [1.82, 2.24) is 9.80 Å². The van der Waals surface area contributed by atoms with Crippen LogP contribution < -0.4 is 0 Å². The van der Waals surface area contributed by atoms with Gasteiger partial charge in [-0.05, 0) is 70.5 Å². The zero-order valence-electron chi connectivity index (χ0n) is 19.3. The molecule has 1 aromatic rings. The highest BCUT2D eigenvalue weighted by molar-refractivity contribution is 9.10. The van der Waals surface area contributed by atoms with E-state index in [4.69, 9.17) is 4.74 Å². The van der Waals surface area contributed by atoms with Gasteiger partial charge in [0.15, 0.2) is 0 Å². The molecule has 0 spiro atoms. The van der Waals surface area contributed by atoms with Crippen molar-refractivity contribution in [3.8, 4) is 0 Å². The smallest absolute Gasteiger partial charge is 0.410 e. The molecule has 0 bridgehead atoms. The van der Waals surface area contributed by atoms with Gasteiger partial charge < -0.3 is 9.64 Å². The largest absolute Gasteiger partial charge is 0.444 e. The van der Waals surface area contributed by atoms with E-state index in [0.29, 0.717) is 17.5 Å². The van der Waals surface area contributed by atoms with Gasteiger partial charge in [0.05, 0.1) is 0 Å². The van der Waals surface area contributed by atoms with E-state index in [-0.39, 0.29) is 6.09 Å². The van der Waals surface area contributed by atoms with Crippen molar-refractivity contribution in [3.63, 3.8) is 0 Å². The average molecular weight is 467 g/mol. The lowest BCUT2D eigenvalue weighted by molar-refractivity contribution is 0.0103. The zero-order valence-corrected chi connectivity index (χ0v) is 20.9. The quantitative estimate of drug-likeness (QED) is 0.486. The van der Waals surface area contributed by atoms with Crippen molar-refractivity contribution >= 4 is 22.0 Å². The second kappa shape index (κ2) is 9.82. The van der Waals surface area contributed by atoms with Crippen LogP contribution in [0.4, 0.5) is 4.79 Å². The maximum atomic E-state index is 12.4. The molecule has 1 aromatic carbocycles. The summed E-state index contributed by atoms with van der Waals surface area (Å²) in [7, 11) is 0. The molecule has 0 aliphatic carbocycles. The van der Waals surface area contributed by atoms with Crippen LogP contribution in [-0.4, -0.2) is 47.2 Å². The molecule has 1 atom stereocenters. The van der Waals surface area contributed by atoms with E-state index < -0.39 is 5.60 Å². The van der Waals surface area contributed by atoms with Crippen molar-refractivity contribution in [2.24, 2.45) is 5.41 Å². The van der Waals surface area contributed by atoms with Crippen LogP contribution in [0.5, 0.6) is 0 Å². The molecular formula is C24H39BrN2O2. The molecule has 4 nitrogen and oxygen atoms in total. The Hall–Kier alpha value is -1.07. The molecule has 164 valence electrons. The molecule has 1 saturated heterocycles. The monoisotopic (exact) mass is 466 g/mol. The summed E-state index contributed by atoms with van der Waals surface area (Å²) in [5.74, 6) is 0. The maximum absolute atomic E-state index is 12.4. The lowest BCUT2D eigenvalue weighted by Crippen LogP contribution is -2.49. The molecule has 1 unspecified atom stereocenters. The van der Waals surface area contributed by atoms with E-state index in [9.17, 15) is 4.79 Å². The van der Waals surface area contributed by atoms with Crippen LogP contribution in [0.25, 0.3) is 0 Å². The SMILES string of the molecule is CC(c1ccccc1Br)N(CCC(C)(C)C)C1CCN(C(=O)OC(C)(C)C)CC1. The number of carbonyl (C=O) groups is 1. The van der Waals surface area contributed by atoms with Gasteiger partial charge in [-0.3, -0.25) is 4.90 Å². The van der Waals surface area contributed by atoms with E-state index in [2.05, 4.69) is 72.8 Å². The van der Waals surface area contributed by atoms with Crippen molar-refractivity contribution in [3.05, 3.63) is 34.3 Å². The Kier molecular flexibility index (Phi) is 8.20. The van der Waals surface area contributed by atoms with Crippen LogP contribution in [0.3, 0.4) is 0 Å². The molecule has 2 rings (SSSR count). The summed E-state index contributed by atoms with van der Waals surface area (Å²) in [5, 5.41) is 0. The van der Waals surface area contributed by atoms with Crippen LogP contribution in [0, 0.1) is 5.41 Å². The topological polar surface area (TPSA) is 32.8 Å². The second-order valence-corrected chi connectivity index (χ2v) is 11.3. The highest BCUT2D eigenvalue weighted by Gasteiger charge is 2.32. The standard InChI is InChI=1S/C24H39BrN2O2/c1-18(20-10-8-9-11-21(20)25)27(17-14-23(2,3)4)19-12-15-26(16-13-19)22(28)29-24(5,6)7/h8-11,18-19H,12-17H2,1-7H3. The van der Waals surface area contributed by atoms with E-state index in [1.54, 1.807) is 0 Å². The van der Waals surface area contributed by atoms with Gasteiger partial charge in [-0.15, -0.1) is 0 Å². The average Bonchev–Trinajstić information content (AvgIpc) is 2.60. The summed E-state index contributed by atoms with van der Waals surface area (Å²) < 4.78 is 6.73. The normalized spacial score (nSPS) is 17.5. The lowest BCUT2D eigenvalue weighted by atomic mass is 9.90. The fourth-order valence-electron chi connectivity index (χ4n) is 3.86. The van der Waals surface area contributed by atoms with Gasteiger partial charge in [-0.25, -0.2) is 4.79 Å². The molecule has 1 fully saturated rings. The zero-order chi connectivity index (χ0) is 21.8. The first-order chi connectivity index (χ1) is 13.4. The van der Waals surface area contributed by atoms with Crippen LogP contribution in [0.15, 0.2) is 28.7 Å². The number of rotatable bonds is 5. The summed E-state index contributed by atoms with van der Waals surface area (Å²) in [6.45, 7) is 17.6. The Morgan fingerprint density at radius 1 is 1.17 bits per heavy atom. The first-order valence-electron chi connectivity index (χ1n) is 10.9. The summed E-state index contributed by atoms with van der Waals surface area (Å²) >= 11 is 3.74. The van der Waals surface area contributed by atoms with E-state index in [1.807, 2.05) is 25.7 Å². The number of likely N-dealkylation sites (tertiary alicyclic amines) is 1. The Bertz CT molecular complexity index is 670. The molecule has 0 aromatic heterocycles. The van der Waals surface area contributed by atoms with Crippen LogP contribution >= 0.6 is 15.9 Å². The number of nitrogens with zero attached hydrogens (tertiary/aromatic N) is 2. The van der Waals surface area contributed by atoms with Gasteiger partial charge in [0.25, 0.3) is 0 Å². The molecule has 0 N–H and O–H groups in total. The van der Waals surface area contributed by atoms with Gasteiger partial charge in [-0.2, -0.15) is 0 Å². The van der Waals surface area contributed by atoms with Crippen molar-refractivity contribution < 1.29 is 9.53 Å².